The van der Waals surface area contributed by atoms with Crippen LogP contribution in [-0.4, -0.2) is 58.0 Å². The molecule has 0 spiro atoms. The second-order valence-corrected chi connectivity index (χ2v) is 12.8. The molecule has 0 radical (unpaired) electrons. The predicted octanol–water partition coefficient (Wildman–Crippen LogP) is 6.91. The largest absolute Gasteiger partial charge is 0.381 e. The number of aromatic nitrogens is 3. The van der Waals surface area contributed by atoms with Crippen LogP contribution < -0.4 is 16.0 Å². The quantitative estimate of drug-likeness (QED) is 0.164. The van der Waals surface area contributed by atoms with Gasteiger partial charge in [0.1, 0.15) is 0 Å². The summed E-state index contributed by atoms with van der Waals surface area (Å²) in [6.07, 6.45) is 8.39. The molecule has 0 atom stereocenters. The number of anilines is 1. The van der Waals surface area contributed by atoms with Crippen molar-refractivity contribution < 1.29 is 9.53 Å². The molecule has 2 aliphatic rings. The SMILES string of the molecule is CCc1nc2c(cnn2CC)c(NC2CCOCC2)c1CNC(=O)NCc1ccc(Cl)c(-c2cccc(CN3CCCCC3)c2)c1. The number of carbonyl (C=O) groups excluding carboxylic acids is 1. The van der Waals surface area contributed by atoms with Gasteiger partial charge in [0.05, 0.1) is 17.3 Å². The second-order valence-electron chi connectivity index (χ2n) is 12.4. The Bertz CT molecular complexity index is 1640. The molecular formula is C36H46ClN7O2. The Morgan fingerprint density at radius 1 is 1.00 bits per heavy atom. The number of rotatable bonds is 11. The van der Waals surface area contributed by atoms with Crippen LogP contribution in [0.15, 0.2) is 48.7 Å². The van der Waals surface area contributed by atoms with E-state index in [0.29, 0.717) is 24.2 Å². The van der Waals surface area contributed by atoms with Crippen molar-refractivity contribution in [1.29, 1.82) is 0 Å². The van der Waals surface area contributed by atoms with Gasteiger partial charge < -0.3 is 20.7 Å². The van der Waals surface area contributed by atoms with E-state index in [1.807, 2.05) is 23.0 Å². The number of ether oxygens (including phenoxy) is 1. The first-order valence-corrected chi connectivity index (χ1v) is 17.2. The topological polar surface area (TPSA) is 96.3 Å². The summed E-state index contributed by atoms with van der Waals surface area (Å²) in [5, 5.41) is 16.2. The Labute approximate surface area is 277 Å². The molecule has 9 nitrogen and oxygen atoms in total. The van der Waals surface area contributed by atoms with Gasteiger partial charge in [0.15, 0.2) is 5.65 Å². The van der Waals surface area contributed by atoms with Crippen molar-refractivity contribution in [3.63, 3.8) is 0 Å². The zero-order valence-corrected chi connectivity index (χ0v) is 27.8. The van der Waals surface area contributed by atoms with Gasteiger partial charge in [0.25, 0.3) is 0 Å². The van der Waals surface area contributed by atoms with Gasteiger partial charge in [-0.2, -0.15) is 5.10 Å². The molecule has 0 aliphatic carbocycles. The zero-order valence-electron chi connectivity index (χ0n) is 27.1. The molecule has 3 N–H and O–H groups in total. The second kappa shape index (κ2) is 15.3. The van der Waals surface area contributed by atoms with Crippen LogP contribution in [0.1, 0.15) is 68.3 Å². The first-order valence-electron chi connectivity index (χ1n) is 16.9. The summed E-state index contributed by atoms with van der Waals surface area (Å²) < 4.78 is 7.52. The number of likely N-dealkylation sites (tertiary alicyclic amines) is 1. The van der Waals surface area contributed by atoms with E-state index in [0.717, 1.165) is 103 Å². The van der Waals surface area contributed by atoms with Crippen molar-refractivity contribution in [2.75, 3.05) is 31.6 Å². The van der Waals surface area contributed by atoms with Crippen molar-refractivity contribution in [2.45, 2.75) is 84.6 Å². The molecule has 0 bridgehead atoms. The third-order valence-corrected chi connectivity index (χ3v) is 9.51. The number of halogens is 1. The van der Waals surface area contributed by atoms with Gasteiger partial charge in [0.2, 0.25) is 0 Å². The van der Waals surface area contributed by atoms with Crippen LogP contribution in [0.4, 0.5) is 10.5 Å². The minimum atomic E-state index is -0.233. The van der Waals surface area contributed by atoms with Crippen molar-refractivity contribution >= 4 is 34.4 Å². The first kappa shape index (κ1) is 32.3. The van der Waals surface area contributed by atoms with Gasteiger partial charge in [-0.1, -0.05) is 49.2 Å². The summed E-state index contributed by atoms with van der Waals surface area (Å²) >= 11 is 6.69. The number of piperidine rings is 1. The smallest absolute Gasteiger partial charge is 0.315 e. The highest BCUT2D eigenvalue weighted by Gasteiger charge is 2.22. The van der Waals surface area contributed by atoms with Crippen LogP contribution in [0, 0.1) is 0 Å². The molecule has 244 valence electrons. The van der Waals surface area contributed by atoms with Gasteiger partial charge in [-0.3, -0.25) is 4.90 Å². The molecule has 2 fully saturated rings. The molecule has 2 saturated heterocycles. The highest BCUT2D eigenvalue weighted by atomic mass is 35.5. The van der Waals surface area contributed by atoms with Crippen molar-refractivity contribution in [2.24, 2.45) is 0 Å². The number of pyridine rings is 1. The third kappa shape index (κ3) is 7.65. The summed E-state index contributed by atoms with van der Waals surface area (Å²) in [6, 6.07) is 14.7. The van der Waals surface area contributed by atoms with E-state index in [2.05, 4.69) is 70.1 Å². The highest BCUT2D eigenvalue weighted by molar-refractivity contribution is 6.33. The molecule has 46 heavy (non-hydrogen) atoms. The number of urea groups is 1. The van der Waals surface area contributed by atoms with Gasteiger partial charge in [0, 0.05) is 67.3 Å². The maximum atomic E-state index is 13.1. The number of benzene rings is 2. The molecule has 10 heteroatoms. The fourth-order valence-corrected chi connectivity index (χ4v) is 6.86. The number of hydrogen-bond acceptors (Lipinski definition) is 6. The average Bonchev–Trinajstić information content (AvgIpc) is 3.51. The standard InChI is InChI=1S/C36H46ClN7O2/c1-3-33-30(34(41-28-13-17-46-18-14-28)31-23-40-44(4-2)35(31)42-33)22-39-36(45)38-21-25-11-12-32(37)29(20-25)27-10-8-9-26(19-27)24-43-15-6-5-7-16-43/h8-12,19-20,23,28H,3-7,13-18,21-22,24H2,1-2H3,(H,41,42)(H2,38,39,45). The minimum Gasteiger partial charge on any atom is -0.381 e. The lowest BCUT2D eigenvalue weighted by Gasteiger charge is -2.26. The van der Waals surface area contributed by atoms with E-state index >= 15 is 0 Å². The Morgan fingerprint density at radius 3 is 2.59 bits per heavy atom. The number of aryl methyl sites for hydroxylation is 2. The molecule has 4 heterocycles. The van der Waals surface area contributed by atoms with Crippen molar-refractivity contribution in [3.8, 4) is 11.1 Å². The van der Waals surface area contributed by atoms with Gasteiger partial charge in [-0.05, 0) is 87.0 Å². The van der Waals surface area contributed by atoms with Crippen molar-refractivity contribution in [1.82, 2.24) is 30.3 Å². The molecule has 2 aromatic carbocycles. The van der Waals surface area contributed by atoms with Crippen LogP contribution in [0.5, 0.6) is 0 Å². The molecule has 2 aromatic heterocycles. The molecule has 2 aliphatic heterocycles. The summed E-state index contributed by atoms with van der Waals surface area (Å²) in [4.78, 5) is 20.6. The lowest BCUT2D eigenvalue weighted by Crippen LogP contribution is -2.35. The number of amides is 2. The lowest BCUT2D eigenvalue weighted by atomic mass is 10.00. The van der Waals surface area contributed by atoms with Gasteiger partial charge >= 0.3 is 6.03 Å². The molecule has 4 aromatic rings. The number of carbonyl (C=O) groups is 1. The minimum absolute atomic E-state index is 0.233. The first-order chi connectivity index (χ1) is 22.5. The predicted molar refractivity (Wildman–Crippen MR) is 185 cm³/mol. The molecule has 0 saturated carbocycles. The van der Waals surface area contributed by atoms with E-state index in [9.17, 15) is 4.79 Å². The maximum Gasteiger partial charge on any atom is 0.315 e. The molecule has 0 unspecified atom stereocenters. The third-order valence-electron chi connectivity index (χ3n) is 9.18. The number of nitrogens with zero attached hydrogens (tertiary/aromatic N) is 4. The molecule has 6 rings (SSSR count). The van der Waals surface area contributed by atoms with Crippen LogP contribution in [0.25, 0.3) is 22.2 Å². The van der Waals surface area contributed by atoms with Crippen LogP contribution in [0.2, 0.25) is 5.02 Å². The monoisotopic (exact) mass is 643 g/mol. The summed E-state index contributed by atoms with van der Waals surface area (Å²) in [6.45, 7) is 10.4. The van der Waals surface area contributed by atoms with Gasteiger partial charge in [-0.25, -0.2) is 14.5 Å². The van der Waals surface area contributed by atoms with Crippen LogP contribution in [-0.2, 0) is 37.3 Å². The average molecular weight is 644 g/mol. The van der Waals surface area contributed by atoms with Crippen LogP contribution in [0.3, 0.4) is 0 Å². The number of nitrogens with one attached hydrogen (secondary N) is 3. The summed E-state index contributed by atoms with van der Waals surface area (Å²) in [5.41, 5.74) is 8.21. The lowest BCUT2D eigenvalue weighted by molar-refractivity contribution is 0.0904. The van der Waals surface area contributed by atoms with Crippen LogP contribution >= 0.6 is 11.6 Å². The van der Waals surface area contributed by atoms with Gasteiger partial charge in [-0.15, -0.1) is 0 Å². The Morgan fingerprint density at radius 2 is 1.80 bits per heavy atom. The van der Waals surface area contributed by atoms with Crippen molar-refractivity contribution in [3.05, 3.63) is 76.1 Å². The van der Waals surface area contributed by atoms with E-state index in [1.54, 1.807) is 0 Å². The summed E-state index contributed by atoms with van der Waals surface area (Å²) in [7, 11) is 0. The Kier molecular flexibility index (Phi) is 10.7. The molecule has 2 amide bonds. The normalized spacial score (nSPS) is 16.1. The number of hydrogen-bond donors (Lipinski definition) is 3. The Hall–Kier alpha value is -3.66. The number of fused-ring (bicyclic) bond motifs is 1. The van der Waals surface area contributed by atoms with E-state index in [1.165, 1.54) is 24.8 Å². The summed E-state index contributed by atoms with van der Waals surface area (Å²) in [5.74, 6) is 0. The zero-order chi connectivity index (χ0) is 31.9. The highest BCUT2D eigenvalue weighted by Crippen LogP contribution is 2.32. The fraction of sp³-hybridized carbons (Fsp3) is 0.472. The van der Waals surface area contributed by atoms with E-state index < -0.39 is 0 Å². The fourth-order valence-electron chi connectivity index (χ4n) is 6.63. The van der Waals surface area contributed by atoms with E-state index in [4.69, 9.17) is 21.3 Å². The van der Waals surface area contributed by atoms with E-state index in [-0.39, 0.29) is 6.03 Å². The maximum absolute atomic E-state index is 13.1. The molecular weight excluding hydrogens is 598 g/mol. The Balaban J connectivity index is 1.14.